The molecule has 19 heavy (non-hydrogen) atoms. The molecular weight excluding hydrogens is 256 g/mol. The molecule has 0 radical (unpaired) electrons. The molecular formula is C15H14F4. The third kappa shape index (κ3) is 5.55. The normalized spacial score (nSPS) is 9.79. The number of alkyl halides is 1. The van der Waals surface area contributed by atoms with Gasteiger partial charge in [0.2, 0.25) is 0 Å². The Morgan fingerprint density at radius 3 is 1.47 bits per heavy atom. The Balaban J connectivity index is 0.000000191. The predicted octanol–water partition coefficient (Wildman–Crippen LogP) is 4.88. The van der Waals surface area contributed by atoms with Crippen LogP contribution >= 0.6 is 0 Å². The molecule has 0 unspecified atom stereocenters. The SMILES string of the molecule is Cc1cc(F)cc(CF)c1.Cc1cc(F)cc(F)c1. The topological polar surface area (TPSA) is 0 Å². The minimum absolute atomic E-state index is 0.368. The maximum absolute atomic E-state index is 12.4. The minimum Gasteiger partial charge on any atom is -0.246 e. The highest BCUT2D eigenvalue weighted by Crippen LogP contribution is 2.08. The van der Waals surface area contributed by atoms with Crippen LogP contribution in [-0.2, 0) is 6.67 Å². The molecule has 0 spiro atoms. The Hall–Kier alpha value is -1.84. The summed E-state index contributed by atoms with van der Waals surface area (Å²) in [7, 11) is 0. The lowest BCUT2D eigenvalue weighted by Gasteiger charge is -1.96. The third-order valence-electron chi connectivity index (χ3n) is 2.26. The second kappa shape index (κ2) is 6.92. The van der Waals surface area contributed by atoms with E-state index in [9.17, 15) is 17.6 Å². The summed E-state index contributed by atoms with van der Waals surface area (Å²) < 4.78 is 48.7. The van der Waals surface area contributed by atoms with Gasteiger partial charge in [-0.2, -0.15) is 0 Å². The summed E-state index contributed by atoms with van der Waals surface area (Å²) in [5.74, 6) is -1.41. The third-order valence-corrected chi connectivity index (χ3v) is 2.26. The van der Waals surface area contributed by atoms with Gasteiger partial charge >= 0.3 is 0 Å². The van der Waals surface area contributed by atoms with Crippen LogP contribution in [0.1, 0.15) is 16.7 Å². The zero-order chi connectivity index (χ0) is 14.4. The van der Waals surface area contributed by atoms with Gasteiger partial charge in [-0.1, -0.05) is 6.07 Å². The standard InChI is InChI=1S/C8H8F2.C7H6F2/c1-6-2-7(5-9)4-8(10)3-6;1-5-2-6(8)4-7(9)3-5/h2-4H,5H2,1H3;2-4H,1H3. The molecule has 0 saturated carbocycles. The zero-order valence-electron chi connectivity index (χ0n) is 10.7. The first-order chi connectivity index (χ1) is 8.90. The number of aryl methyl sites for hydroxylation is 2. The highest BCUT2D eigenvalue weighted by atomic mass is 19.1. The number of hydrogen-bond donors (Lipinski definition) is 0. The molecule has 2 rings (SSSR count). The minimum atomic E-state index is -0.599. The molecule has 0 aliphatic rings. The van der Waals surface area contributed by atoms with Crippen molar-refractivity contribution in [3.05, 3.63) is 70.5 Å². The lowest BCUT2D eigenvalue weighted by atomic mass is 10.1. The van der Waals surface area contributed by atoms with Crippen LogP contribution in [0.2, 0.25) is 0 Å². The van der Waals surface area contributed by atoms with Gasteiger partial charge in [-0.15, -0.1) is 0 Å². The average molecular weight is 270 g/mol. The first-order valence-electron chi connectivity index (χ1n) is 5.65. The lowest BCUT2D eigenvalue weighted by Crippen LogP contribution is -1.83. The highest BCUT2D eigenvalue weighted by Gasteiger charge is 1.95. The summed E-state index contributed by atoms with van der Waals surface area (Å²) in [6.45, 7) is 2.78. The van der Waals surface area contributed by atoms with E-state index >= 15 is 0 Å². The Morgan fingerprint density at radius 1 is 0.684 bits per heavy atom. The Kier molecular flexibility index (Phi) is 5.55. The molecule has 102 valence electrons. The van der Waals surface area contributed by atoms with Crippen molar-refractivity contribution in [1.29, 1.82) is 0 Å². The second-order valence-electron chi connectivity index (χ2n) is 4.22. The second-order valence-corrected chi connectivity index (χ2v) is 4.22. The van der Waals surface area contributed by atoms with Gasteiger partial charge < -0.3 is 0 Å². The van der Waals surface area contributed by atoms with Crippen molar-refractivity contribution < 1.29 is 17.6 Å². The summed E-state index contributed by atoms with van der Waals surface area (Å²) in [6.07, 6.45) is 0. The maximum Gasteiger partial charge on any atom is 0.126 e. The molecule has 4 heteroatoms. The summed E-state index contributed by atoms with van der Waals surface area (Å²) in [5, 5.41) is 0. The van der Waals surface area contributed by atoms with Gasteiger partial charge in [0, 0.05) is 6.07 Å². The van der Waals surface area contributed by atoms with Gasteiger partial charge in [-0.3, -0.25) is 0 Å². The number of benzene rings is 2. The molecule has 0 fully saturated rings. The van der Waals surface area contributed by atoms with Crippen LogP contribution in [-0.4, -0.2) is 0 Å². The zero-order valence-corrected chi connectivity index (χ0v) is 10.7. The van der Waals surface area contributed by atoms with Gasteiger partial charge in [0.1, 0.15) is 24.1 Å². The smallest absolute Gasteiger partial charge is 0.126 e. The number of rotatable bonds is 1. The molecule has 0 nitrogen and oxygen atoms in total. The van der Waals surface area contributed by atoms with E-state index in [1.807, 2.05) is 0 Å². The first-order valence-corrected chi connectivity index (χ1v) is 5.65. The fraction of sp³-hybridized carbons (Fsp3) is 0.200. The summed E-state index contributed by atoms with van der Waals surface area (Å²) in [6, 6.07) is 7.62. The van der Waals surface area contributed by atoms with E-state index < -0.39 is 18.3 Å². The van der Waals surface area contributed by atoms with Crippen LogP contribution in [0.5, 0.6) is 0 Å². The van der Waals surface area contributed by atoms with E-state index in [0.717, 1.165) is 11.6 Å². The average Bonchev–Trinajstić information content (AvgIpc) is 2.26. The van der Waals surface area contributed by atoms with Crippen molar-refractivity contribution in [2.75, 3.05) is 0 Å². The fourth-order valence-electron chi connectivity index (χ4n) is 1.58. The molecule has 0 atom stereocenters. The molecule has 0 saturated heterocycles. The lowest BCUT2D eigenvalue weighted by molar-refractivity contribution is 0.482. The summed E-state index contributed by atoms with van der Waals surface area (Å²) >= 11 is 0. The molecule has 0 amide bonds. The fourth-order valence-corrected chi connectivity index (χ4v) is 1.58. The van der Waals surface area contributed by atoms with Gasteiger partial charge in [0.25, 0.3) is 0 Å². The van der Waals surface area contributed by atoms with Gasteiger partial charge in [-0.25, -0.2) is 17.6 Å². The van der Waals surface area contributed by atoms with Crippen molar-refractivity contribution in [3.63, 3.8) is 0 Å². The molecule has 2 aromatic rings. The van der Waals surface area contributed by atoms with Crippen LogP contribution in [0.3, 0.4) is 0 Å². The van der Waals surface area contributed by atoms with Gasteiger partial charge in [0.05, 0.1) is 0 Å². The molecule has 0 N–H and O–H groups in total. The summed E-state index contributed by atoms with van der Waals surface area (Å²) in [5.41, 5.74) is 1.76. The summed E-state index contributed by atoms with van der Waals surface area (Å²) in [4.78, 5) is 0. The first kappa shape index (κ1) is 15.2. The quantitative estimate of drug-likeness (QED) is 0.648. The van der Waals surface area contributed by atoms with E-state index in [1.165, 1.54) is 24.3 Å². The van der Waals surface area contributed by atoms with Crippen molar-refractivity contribution in [2.24, 2.45) is 0 Å². The Labute approximate surface area is 109 Å². The van der Waals surface area contributed by atoms with Crippen molar-refractivity contribution in [1.82, 2.24) is 0 Å². The van der Waals surface area contributed by atoms with Crippen LogP contribution in [0.15, 0.2) is 36.4 Å². The van der Waals surface area contributed by atoms with E-state index in [4.69, 9.17) is 0 Å². The Morgan fingerprint density at radius 2 is 1.11 bits per heavy atom. The molecule has 0 bridgehead atoms. The number of halogens is 4. The molecule has 0 heterocycles. The maximum atomic E-state index is 12.4. The van der Waals surface area contributed by atoms with E-state index in [-0.39, 0.29) is 5.82 Å². The molecule has 0 aliphatic heterocycles. The molecule has 0 aromatic heterocycles. The number of hydrogen-bond acceptors (Lipinski definition) is 0. The van der Waals surface area contributed by atoms with Crippen LogP contribution in [0.4, 0.5) is 17.6 Å². The monoisotopic (exact) mass is 270 g/mol. The predicted molar refractivity (Wildman–Crippen MR) is 67.0 cm³/mol. The van der Waals surface area contributed by atoms with Crippen molar-refractivity contribution >= 4 is 0 Å². The van der Waals surface area contributed by atoms with Gasteiger partial charge in [-0.05, 0) is 54.8 Å². The van der Waals surface area contributed by atoms with Crippen molar-refractivity contribution in [3.8, 4) is 0 Å². The van der Waals surface area contributed by atoms with Crippen molar-refractivity contribution in [2.45, 2.75) is 20.5 Å². The molecule has 2 aromatic carbocycles. The van der Waals surface area contributed by atoms with Gasteiger partial charge in [0.15, 0.2) is 0 Å². The molecule has 0 aliphatic carbocycles. The van der Waals surface area contributed by atoms with E-state index in [2.05, 4.69) is 0 Å². The highest BCUT2D eigenvalue weighted by molar-refractivity contribution is 5.22. The largest absolute Gasteiger partial charge is 0.246 e. The Bertz CT molecular complexity index is 479. The van der Waals surface area contributed by atoms with E-state index in [1.54, 1.807) is 19.9 Å². The van der Waals surface area contributed by atoms with Crippen LogP contribution in [0.25, 0.3) is 0 Å². The van der Waals surface area contributed by atoms with Crippen LogP contribution < -0.4 is 0 Å². The van der Waals surface area contributed by atoms with E-state index in [0.29, 0.717) is 11.1 Å². The van der Waals surface area contributed by atoms with Crippen LogP contribution in [0, 0.1) is 31.3 Å².